The second-order valence-corrected chi connectivity index (χ2v) is 12.7. The molecule has 0 bridgehead atoms. The molecule has 0 aliphatic heterocycles. The van der Waals surface area contributed by atoms with Gasteiger partial charge in [-0.15, -0.1) is 0 Å². The zero-order valence-electron chi connectivity index (χ0n) is 24.1. The standard InChI is InChI=1S/C26H46N4O7S/c1-10-21(27-25(33)24(26(3,4)5)28-23(32)17-29(6)7)22(31)16-30(15-18(2)36-8)38(34,35)20-13-11-19(37-9)12-14-20/h11-14,18,21-22,24,31H,10,15-17H2,1-9H3,(H,27,33)(H,28,32)/t18?,21?,22?,24-/m1/s1. The van der Waals surface area contributed by atoms with Gasteiger partial charge in [-0.3, -0.25) is 9.59 Å². The quantitative estimate of drug-likeness (QED) is 0.291. The Hall–Kier alpha value is -2.25. The molecule has 0 saturated heterocycles. The second-order valence-electron chi connectivity index (χ2n) is 10.7. The van der Waals surface area contributed by atoms with Gasteiger partial charge in [0.05, 0.1) is 36.8 Å². The van der Waals surface area contributed by atoms with Crippen molar-refractivity contribution < 1.29 is 32.6 Å². The van der Waals surface area contributed by atoms with Crippen LogP contribution in [0.5, 0.6) is 5.75 Å². The van der Waals surface area contributed by atoms with Crippen LogP contribution in [0, 0.1) is 5.41 Å². The van der Waals surface area contributed by atoms with Gasteiger partial charge in [0.15, 0.2) is 0 Å². The molecule has 1 aromatic carbocycles. The molecule has 2 amide bonds. The molecule has 12 heteroatoms. The van der Waals surface area contributed by atoms with E-state index in [2.05, 4.69) is 10.6 Å². The van der Waals surface area contributed by atoms with E-state index in [1.807, 2.05) is 20.8 Å². The molecule has 0 heterocycles. The molecule has 218 valence electrons. The predicted octanol–water partition coefficient (Wildman–Crippen LogP) is 1.07. The lowest BCUT2D eigenvalue weighted by Gasteiger charge is -2.34. The number of carbonyl (C=O) groups excluding carboxylic acids is 2. The molecular weight excluding hydrogens is 512 g/mol. The highest BCUT2D eigenvalue weighted by atomic mass is 32.2. The minimum atomic E-state index is -4.00. The number of nitrogens with one attached hydrogen (secondary N) is 2. The molecule has 3 N–H and O–H groups in total. The molecule has 38 heavy (non-hydrogen) atoms. The molecule has 0 radical (unpaired) electrons. The minimum Gasteiger partial charge on any atom is -0.497 e. The van der Waals surface area contributed by atoms with Gasteiger partial charge in [-0.2, -0.15) is 4.31 Å². The van der Waals surface area contributed by atoms with Gasteiger partial charge in [0.25, 0.3) is 0 Å². The number of amides is 2. The molecule has 0 aliphatic carbocycles. The Kier molecular flexibility index (Phi) is 13.1. The summed E-state index contributed by atoms with van der Waals surface area (Å²) in [6.45, 7) is 8.86. The van der Waals surface area contributed by atoms with Crippen molar-refractivity contribution in [2.75, 3.05) is 47.9 Å². The van der Waals surface area contributed by atoms with Gasteiger partial charge in [-0.05, 0) is 57.1 Å². The Morgan fingerprint density at radius 2 is 1.63 bits per heavy atom. The molecule has 3 unspecified atom stereocenters. The molecule has 0 aliphatic rings. The summed E-state index contributed by atoms with van der Waals surface area (Å²) < 4.78 is 38.5. The van der Waals surface area contributed by atoms with Gasteiger partial charge < -0.3 is 30.1 Å². The first-order valence-electron chi connectivity index (χ1n) is 12.7. The van der Waals surface area contributed by atoms with E-state index >= 15 is 0 Å². The van der Waals surface area contributed by atoms with E-state index < -0.39 is 45.6 Å². The van der Waals surface area contributed by atoms with E-state index in [0.29, 0.717) is 12.2 Å². The Labute approximate surface area is 227 Å². The van der Waals surface area contributed by atoms with Crippen molar-refractivity contribution in [2.45, 2.75) is 70.2 Å². The highest BCUT2D eigenvalue weighted by molar-refractivity contribution is 7.89. The molecule has 4 atom stereocenters. The van der Waals surface area contributed by atoms with Crippen LogP contribution >= 0.6 is 0 Å². The molecule has 11 nitrogen and oxygen atoms in total. The van der Waals surface area contributed by atoms with E-state index in [4.69, 9.17) is 9.47 Å². The van der Waals surface area contributed by atoms with Crippen LogP contribution in [0.25, 0.3) is 0 Å². The summed E-state index contributed by atoms with van der Waals surface area (Å²) >= 11 is 0. The van der Waals surface area contributed by atoms with Crippen LogP contribution in [0.15, 0.2) is 29.2 Å². The summed E-state index contributed by atoms with van der Waals surface area (Å²) in [5.74, 6) is -0.241. The summed E-state index contributed by atoms with van der Waals surface area (Å²) in [5, 5.41) is 16.7. The summed E-state index contributed by atoms with van der Waals surface area (Å²) in [6.07, 6.45) is -1.33. The van der Waals surface area contributed by atoms with Crippen LogP contribution in [-0.4, -0.2) is 107 Å². The van der Waals surface area contributed by atoms with Crippen molar-refractivity contribution in [1.29, 1.82) is 0 Å². The maximum atomic E-state index is 13.5. The zero-order valence-corrected chi connectivity index (χ0v) is 25.0. The van der Waals surface area contributed by atoms with Crippen LogP contribution in [0.4, 0.5) is 0 Å². The molecule has 1 rings (SSSR count). The lowest BCUT2D eigenvalue weighted by atomic mass is 9.85. The number of benzene rings is 1. The van der Waals surface area contributed by atoms with Gasteiger partial charge in [0.1, 0.15) is 11.8 Å². The van der Waals surface area contributed by atoms with Crippen molar-refractivity contribution in [2.24, 2.45) is 5.41 Å². The van der Waals surface area contributed by atoms with E-state index in [9.17, 15) is 23.1 Å². The monoisotopic (exact) mass is 558 g/mol. The zero-order chi connectivity index (χ0) is 29.3. The SMILES string of the molecule is CCC(NC(=O)[C@@H](NC(=O)CN(C)C)C(C)(C)C)C(O)CN(CC(C)OC)S(=O)(=O)c1ccc(OC)cc1. The number of methoxy groups -OCH3 is 2. The number of ether oxygens (including phenoxy) is 2. The Morgan fingerprint density at radius 1 is 1.05 bits per heavy atom. The number of aliphatic hydroxyl groups is 1. The molecule has 0 saturated carbocycles. The molecule has 1 aromatic rings. The lowest BCUT2D eigenvalue weighted by Crippen LogP contribution is -2.59. The van der Waals surface area contributed by atoms with E-state index in [1.54, 1.807) is 45.0 Å². The Morgan fingerprint density at radius 3 is 2.08 bits per heavy atom. The smallest absolute Gasteiger partial charge is 0.243 e. The lowest BCUT2D eigenvalue weighted by molar-refractivity contribution is -0.133. The number of hydrogen-bond donors (Lipinski definition) is 3. The third kappa shape index (κ3) is 10.1. The second kappa shape index (κ2) is 14.8. The third-order valence-electron chi connectivity index (χ3n) is 6.08. The van der Waals surface area contributed by atoms with Gasteiger partial charge in [0.2, 0.25) is 21.8 Å². The average molecular weight is 559 g/mol. The van der Waals surface area contributed by atoms with Crippen LogP contribution in [0.3, 0.4) is 0 Å². The molecule has 0 fully saturated rings. The van der Waals surface area contributed by atoms with Crippen molar-refractivity contribution in [3.63, 3.8) is 0 Å². The first-order valence-corrected chi connectivity index (χ1v) is 14.1. The summed E-state index contributed by atoms with van der Waals surface area (Å²) in [6, 6.07) is 4.36. The average Bonchev–Trinajstić information content (AvgIpc) is 2.83. The molecular formula is C26H46N4O7S. The summed E-state index contributed by atoms with van der Waals surface area (Å²) in [5.41, 5.74) is -0.604. The van der Waals surface area contributed by atoms with Gasteiger partial charge in [0, 0.05) is 20.2 Å². The minimum absolute atomic E-state index is 0.00247. The van der Waals surface area contributed by atoms with E-state index in [-0.39, 0.29) is 30.4 Å². The van der Waals surface area contributed by atoms with Crippen molar-refractivity contribution in [3.05, 3.63) is 24.3 Å². The van der Waals surface area contributed by atoms with E-state index in [0.717, 1.165) is 4.31 Å². The van der Waals surface area contributed by atoms with Gasteiger partial charge in [-0.1, -0.05) is 27.7 Å². The van der Waals surface area contributed by atoms with Crippen LogP contribution in [-0.2, 0) is 24.3 Å². The Balaban J connectivity index is 3.16. The number of hydrogen-bond acceptors (Lipinski definition) is 8. The van der Waals surface area contributed by atoms with Crippen molar-refractivity contribution in [1.82, 2.24) is 19.8 Å². The molecule has 0 spiro atoms. The summed E-state index contributed by atoms with van der Waals surface area (Å²) in [4.78, 5) is 27.4. The number of rotatable bonds is 15. The van der Waals surface area contributed by atoms with Crippen molar-refractivity contribution >= 4 is 21.8 Å². The van der Waals surface area contributed by atoms with E-state index in [1.165, 1.54) is 26.4 Å². The highest BCUT2D eigenvalue weighted by Gasteiger charge is 2.36. The predicted molar refractivity (Wildman–Crippen MR) is 146 cm³/mol. The number of nitrogens with zero attached hydrogens (tertiary/aromatic N) is 2. The first kappa shape index (κ1) is 33.8. The number of aliphatic hydroxyl groups excluding tert-OH is 1. The van der Waals surface area contributed by atoms with Crippen LogP contribution in [0.2, 0.25) is 0 Å². The Bertz CT molecular complexity index is 994. The molecule has 0 aromatic heterocycles. The number of likely N-dealkylation sites (N-methyl/N-ethyl adjacent to an activating group) is 1. The maximum Gasteiger partial charge on any atom is 0.243 e. The fraction of sp³-hybridized carbons (Fsp3) is 0.692. The van der Waals surface area contributed by atoms with Gasteiger partial charge in [-0.25, -0.2) is 8.42 Å². The summed E-state index contributed by atoms with van der Waals surface area (Å²) in [7, 11) is 2.48. The first-order chi connectivity index (χ1) is 17.6. The van der Waals surface area contributed by atoms with Gasteiger partial charge >= 0.3 is 0 Å². The maximum absolute atomic E-state index is 13.5. The normalized spacial score (nSPS) is 15.6. The third-order valence-corrected chi connectivity index (χ3v) is 7.92. The largest absolute Gasteiger partial charge is 0.497 e. The van der Waals surface area contributed by atoms with Crippen LogP contribution in [0.1, 0.15) is 41.0 Å². The van der Waals surface area contributed by atoms with Crippen LogP contribution < -0.4 is 15.4 Å². The number of sulfonamides is 1. The van der Waals surface area contributed by atoms with Crippen molar-refractivity contribution in [3.8, 4) is 5.75 Å². The topological polar surface area (TPSA) is 138 Å². The fourth-order valence-corrected chi connectivity index (χ4v) is 5.30. The highest BCUT2D eigenvalue weighted by Crippen LogP contribution is 2.22. The fourth-order valence-electron chi connectivity index (χ4n) is 3.77. The number of carbonyl (C=O) groups is 2.